The Kier molecular flexibility index (Phi) is 15.8. The fraction of sp³-hybridized carbons (Fsp3) is 0.714. The Labute approximate surface area is 307 Å². The van der Waals surface area contributed by atoms with Crippen molar-refractivity contribution >= 4 is 28.9 Å². The summed E-state index contributed by atoms with van der Waals surface area (Å²) in [7, 11) is 0. The summed E-state index contributed by atoms with van der Waals surface area (Å²) in [5.74, 6) is 4.25. The first-order valence-electron chi connectivity index (χ1n) is 19.8. The molecule has 0 spiro atoms. The molecule has 2 aromatic carbocycles. The zero-order chi connectivity index (χ0) is 34.5. The Hall–Kier alpha value is -1.50. The molecule has 2 aromatic rings. The number of aliphatic hydroxyl groups is 1. The van der Waals surface area contributed by atoms with E-state index in [1.807, 2.05) is 12.1 Å². The lowest BCUT2D eigenvalue weighted by Crippen LogP contribution is -2.47. The van der Waals surface area contributed by atoms with Gasteiger partial charge in [-0.1, -0.05) is 44.4 Å². The van der Waals surface area contributed by atoms with Crippen LogP contribution in [0.2, 0.25) is 0 Å². The van der Waals surface area contributed by atoms with Crippen molar-refractivity contribution in [2.45, 2.75) is 115 Å². The summed E-state index contributed by atoms with van der Waals surface area (Å²) in [6, 6.07) is 15.1. The van der Waals surface area contributed by atoms with Gasteiger partial charge in [0.15, 0.2) is 0 Å². The predicted octanol–water partition coefficient (Wildman–Crippen LogP) is 9.05. The summed E-state index contributed by atoms with van der Waals surface area (Å²) in [4.78, 5) is 2.25. The number of hydrogen-bond acceptors (Lipinski definition) is 5. The highest BCUT2D eigenvalue weighted by atomic mass is 35.5. The number of aryl methyl sites for hydroxylation is 1. The number of aromatic hydroxyl groups is 1. The van der Waals surface area contributed by atoms with Crippen molar-refractivity contribution in [1.29, 1.82) is 0 Å². The lowest BCUT2D eigenvalue weighted by molar-refractivity contribution is -0.0396. The molecule has 0 aliphatic heterocycles. The van der Waals surface area contributed by atoms with Gasteiger partial charge in [-0.25, -0.2) is 0 Å². The van der Waals surface area contributed by atoms with Crippen molar-refractivity contribution < 1.29 is 10.2 Å². The van der Waals surface area contributed by atoms with Gasteiger partial charge >= 0.3 is 0 Å². The second-order valence-electron chi connectivity index (χ2n) is 15.7. The molecule has 7 heteroatoms. The summed E-state index contributed by atoms with van der Waals surface area (Å²) in [6.07, 6.45) is 18.0. The maximum Gasteiger partial charge on any atom is 0.115 e. The molecule has 0 heterocycles. The van der Waals surface area contributed by atoms with Gasteiger partial charge in [0, 0.05) is 30.5 Å². The van der Waals surface area contributed by atoms with Crippen molar-refractivity contribution in [3.8, 4) is 5.75 Å². The van der Waals surface area contributed by atoms with Crippen molar-refractivity contribution in [2.75, 3.05) is 55.9 Å². The number of alkyl halides is 2. The van der Waals surface area contributed by atoms with Gasteiger partial charge in [0.2, 0.25) is 0 Å². The number of benzene rings is 2. The van der Waals surface area contributed by atoms with E-state index < -0.39 is 0 Å². The van der Waals surface area contributed by atoms with Crippen molar-refractivity contribution in [3.63, 3.8) is 0 Å². The first-order chi connectivity index (χ1) is 23.9. The van der Waals surface area contributed by atoms with Gasteiger partial charge in [-0.3, -0.25) is 0 Å². The van der Waals surface area contributed by atoms with Crippen LogP contribution in [0.4, 0.5) is 5.69 Å². The minimum atomic E-state index is -0.129. The number of phenolic OH excluding ortho intramolecular Hbond substituents is 1. The average Bonchev–Trinajstić information content (AvgIpc) is 3.41. The van der Waals surface area contributed by atoms with E-state index in [-0.39, 0.29) is 11.5 Å². The van der Waals surface area contributed by atoms with Gasteiger partial charge in [-0.15, -0.1) is 23.2 Å². The quantitative estimate of drug-likeness (QED) is 0.0725. The van der Waals surface area contributed by atoms with E-state index in [0.29, 0.717) is 41.2 Å². The van der Waals surface area contributed by atoms with Crippen LogP contribution in [0.3, 0.4) is 0 Å². The maximum absolute atomic E-state index is 10.9. The molecule has 0 bridgehead atoms. The Bertz CT molecular complexity index is 1240. The third-order valence-corrected chi connectivity index (χ3v) is 12.9. The Morgan fingerprint density at radius 2 is 1.45 bits per heavy atom. The number of fused-ring (bicyclic) bond motifs is 5. The molecule has 0 radical (unpaired) electrons. The van der Waals surface area contributed by atoms with Gasteiger partial charge < -0.3 is 25.7 Å². The van der Waals surface area contributed by atoms with E-state index in [9.17, 15) is 10.2 Å². The summed E-state index contributed by atoms with van der Waals surface area (Å²) in [6.45, 7) is 8.50. The van der Waals surface area contributed by atoms with E-state index in [1.165, 1.54) is 93.0 Å². The molecule has 5 nitrogen and oxygen atoms in total. The molecule has 2 saturated carbocycles. The highest BCUT2D eigenvalue weighted by Crippen LogP contribution is 2.62. The molecule has 0 aromatic heterocycles. The monoisotopic (exact) mass is 713 g/mol. The van der Waals surface area contributed by atoms with E-state index in [0.717, 1.165) is 65.0 Å². The smallest absolute Gasteiger partial charge is 0.115 e. The Morgan fingerprint density at radius 1 is 0.796 bits per heavy atom. The van der Waals surface area contributed by atoms with Crippen LogP contribution in [0.25, 0.3) is 0 Å². The molecule has 49 heavy (non-hydrogen) atoms. The topological polar surface area (TPSA) is 67.8 Å². The SMILES string of the molecule is C[C@]12CC[C@@H]3c4ccc(O)cc4C[C@@H](CCCCCCNCCCCNCCCCc4ccc(N(CCCl)CCCl)cc4)[C@H]3[C@@H]1CC[C@@H]2O. The molecule has 274 valence electrons. The number of unbranched alkanes of at least 4 members (excludes halogenated alkanes) is 5. The second kappa shape index (κ2) is 19.9. The van der Waals surface area contributed by atoms with Crippen LogP contribution in [0.15, 0.2) is 42.5 Å². The van der Waals surface area contributed by atoms with Gasteiger partial charge in [-0.05, 0) is 173 Å². The number of anilines is 1. The number of nitrogens with one attached hydrogen (secondary N) is 2. The van der Waals surface area contributed by atoms with Crippen LogP contribution >= 0.6 is 23.2 Å². The lowest BCUT2D eigenvalue weighted by Gasteiger charge is -2.53. The second-order valence-corrected chi connectivity index (χ2v) is 16.4. The highest BCUT2D eigenvalue weighted by Gasteiger charge is 2.56. The van der Waals surface area contributed by atoms with Gasteiger partial charge in [-0.2, -0.15) is 0 Å². The molecule has 3 aliphatic rings. The summed E-state index contributed by atoms with van der Waals surface area (Å²) in [5, 5.41) is 28.5. The maximum atomic E-state index is 10.9. The van der Waals surface area contributed by atoms with Crippen molar-refractivity contribution in [2.24, 2.45) is 23.2 Å². The van der Waals surface area contributed by atoms with Gasteiger partial charge in [0.1, 0.15) is 5.75 Å². The van der Waals surface area contributed by atoms with E-state index >= 15 is 0 Å². The number of rotatable bonds is 22. The van der Waals surface area contributed by atoms with Crippen LogP contribution in [0.1, 0.15) is 113 Å². The molecular formula is C42H65Cl2N3O2. The number of nitrogens with zero attached hydrogens (tertiary/aromatic N) is 1. The van der Waals surface area contributed by atoms with Crippen LogP contribution in [-0.4, -0.2) is 67.3 Å². The zero-order valence-corrected chi connectivity index (χ0v) is 31.8. The highest BCUT2D eigenvalue weighted by molar-refractivity contribution is 6.18. The molecule has 2 fully saturated rings. The number of aliphatic hydroxyl groups excluding tert-OH is 1. The molecule has 5 rings (SSSR count). The summed E-state index contributed by atoms with van der Waals surface area (Å²) in [5.41, 5.74) is 5.59. The largest absolute Gasteiger partial charge is 0.508 e. The zero-order valence-electron chi connectivity index (χ0n) is 30.3. The molecule has 3 aliphatic carbocycles. The van der Waals surface area contributed by atoms with Crippen LogP contribution < -0.4 is 15.5 Å². The third kappa shape index (κ3) is 10.5. The van der Waals surface area contributed by atoms with Crippen LogP contribution in [0, 0.1) is 23.2 Å². The number of phenols is 1. The summed E-state index contributed by atoms with van der Waals surface area (Å²) >= 11 is 11.9. The summed E-state index contributed by atoms with van der Waals surface area (Å²) < 4.78 is 0. The van der Waals surface area contributed by atoms with Gasteiger partial charge in [0.05, 0.1) is 6.10 Å². The average molecular weight is 715 g/mol. The van der Waals surface area contributed by atoms with E-state index in [4.69, 9.17) is 23.2 Å². The molecular weight excluding hydrogens is 649 g/mol. The van der Waals surface area contributed by atoms with Crippen molar-refractivity contribution in [1.82, 2.24) is 10.6 Å². The fourth-order valence-corrected chi connectivity index (χ4v) is 10.2. The molecule has 6 atom stereocenters. The minimum absolute atomic E-state index is 0.0999. The van der Waals surface area contributed by atoms with Crippen molar-refractivity contribution in [3.05, 3.63) is 59.2 Å². The van der Waals surface area contributed by atoms with Crippen LogP contribution in [0.5, 0.6) is 5.75 Å². The normalized spacial score (nSPS) is 25.9. The Morgan fingerprint density at radius 3 is 2.14 bits per heavy atom. The van der Waals surface area contributed by atoms with Crippen LogP contribution in [-0.2, 0) is 12.8 Å². The first-order valence-corrected chi connectivity index (χ1v) is 20.9. The standard InChI is InChI=1S/C42H65Cl2N3O2/c1-42-21-20-38-37-17-16-36(48)31-34(37)30-33(41(38)39(42)18-19-40(42)49)11-4-2-3-6-24-45-26-8-9-27-46-25-7-5-10-32-12-14-35(15-13-32)47(28-22-43)29-23-44/h12-17,31,33,38-41,45-46,48-49H,2-11,18-30H2,1H3/t33-,38-,39+,40+,41-,42+/m1/s1. The molecule has 4 N–H and O–H groups in total. The Balaban J connectivity index is 0.878. The first kappa shape index (κ1) is 38.7. The predicted molar refractivity (Wildman–Crippen MR) is 209 cm³/mol. The van der Waals surface area contributed by atoms with E-state index in [2.05, 4.69) is 52.8 Å². The molecule has 0 saturated heterocycles. The molecule has 0 unspecified atom stereocenters. The van der Waals surface area contributed by atoms with E-state index in [1.54, 1.807) is 0 Å². The number of halogens is 2. The van der Waals surface area contributed by atoms with Gasteiger partial charge in [0.25, 0.3) is 0 Å². The minimum Gasteiger partial charge on any atom is -0.508 e. The number of hydrogen-bond donors (Lipinski definition) is 4. The lowest BCUT2D eigenvalue weighted by atomic mass is 9.52. The fourth-order valence-electron chi connectivity index (χ4n) is 9.82. The molecule has 0 amide bonds. The third-order valence-electron chi connectivity index (χ3n) is 12.6.